The molecule has 4 rings (SSSR count). The monoisotopic (exact) mass is 734 g/mol. The van der Waals surface area contributed by atoms with E-state index in [1.54, 1.807) is 5.57 Å². The molecule has 3 saturated carbocycles. The SMILES string of the molecule is CC(C)CCC[C@@H](C)[C@H]1CC[C@H]2[C@@H]3CC=C4C[C@@H](OC(=O)NCCOCCOCCOCCOCCC(=O)OC(C)(C)C)CC[C@]4(C)[C@H]3CC[C@]12C. The molecule has 1 N–H and O–H groups in total. The number of alkyl carbamates (subject to hydrolysis) is 1. The lowest BCUT2D eigenvalue weighted by molar-refractivity contribution is -0.156. The molecule has 4 aliphatic rings. The fourth-order valence-corrected chi connectivity index (χ4v) is 10.5. The van der Waals surface area contributed by atoms with E-state index in [-0.39, 0.29) is 30.0 Å². The second-order valence-corrected chi connectivity index (χ2v) is 18.3. The Labute approximate surface area is 316 Å². The van der Waals surface area contributed by atoms with Gasteiger partial charge < -0.3 is 33.7 Å². The van der Waals surface area contributed by atoms with Gasteiger partial charge in [-0.15, -0.1) is 0 Å². The maximum absolute atomic E-state index is 12.6. The van der Waals surface area contributed by atoms with Gasteiger partial charge in [-0.25, -0.2) is 4.79 Å². The number of rotatable bonds is 21. The number of allylic oxidation sites excluding steroid dienone is 1. The predicted octanol–water partition coefficient (Wildman–Crippen LogP) is 8.92. The van der Waals surface area contributed by atoms with Crippen molar-refractivity contribution < 1.29 is 38.0 Å². The first-order valence-electron chi connectivity index (χ1n) is 20.9. The molecule has 52 heavy (non-hydrogen) atoms. The van der Waals surface area contributed by atoms with Crippen LogP contribution in [0.1, 0.15) is 132 Å². The smallest absolute Gasteiger partial charge is 0.407 e. The first-order valence-corrected chi connectivity index (χ1v) is 20.9. The largest absolute Gasteiger partial charge is 0.460 e. The highest BCUT2D eigenvalue weighted by Gasteiger charge is 2.59. The third-order valence-corrected chi connectivity index (χ3v) is 13.0. The number of hydrogen-bond acceptors (Lipinski definition) is 8. The summed E-state index contributed by atoms with van der Waals surface area (Å²) >= 11 is 0. The molecular formula is C43H75NO8. The zero-order chi connectivity index (χ0) is 37.8. The standard InChI is InChI=1S/C43H75NO8/c1-31(2)10-9-11-32(3)36-14-15-37-35-13-12-33-30-34(16-19-42(33,7)38(35)17-20-43(36,37)8)51-40(46)44-21-23-48-25-27-50-29-28-49-26-24-47-22-18-39(45)52-41(4,5)6/h12,31-32,34-38H,9-11,13-30H2,1-8H3,(H,44,46)/t32-,34+,35+,36-,37+,38+,42+,43-/m1/s1. The van der Waals surface area contributed by atoms with Crippen LogP contribution in [-0.2, 0) is 33.2 Å². The summed E-state index contributed by atoms with van der Waals surface area (Å²) < 4.78 is 33.2. The van der Waals surface area contributed by atoms with Crippen molar-refractivity contribution in [1.29, 1.82) is 0 Å². The van der Waals surface area contributed by atoms with E-state index in [2.05, 4.69) is 46.0 Å². The van der Waals surface area contributed by atoms with Crippen LogP contribution in [0.3, 0.4) is 0 Å². The molecule has 0 spiro atoms. The van der Waals surface area contributed by atoms with Gasteiger partial charge in [-0.1, -0.05) is 65.5 Å². The van der Waals surface area contributed by atoms with Crippen LogP contribution in [0.2, 0.25) is 0 Å². The highest BCUT2D eigenvalue weighted by molar-refractivity contribution is 5.69. The molecule has 3 fully saturated rings. The summed E-state index contributed by atoms with van der Waals surface area (Å²) in [7, 11) is 0. The van der Waals surface area contributed by atoms with Crippen LogP contribution >= 0.6 is 0 Å². The van der Waals surface area contributed by atoms with Crippen molar-refractivity contribution in [3.8, 4) is 0 Å². The Morgan fingerprint density at radius 1 is 0.827 bits per heavy atom. The number of hydrogen-bond donors (Lipinski definition) is 1. The Hall–Kier alpha value is -1.68. The van der Waals surface area contributed by atoms with Gasteiger partial charge in [0.05, 0.1) is 59.3 Å². The molecule has 4 aliphatic carbocycles. The van der Waals surface area contributed by atoms with Crippen molar-refractivity contribution in [1.82, 2.24) is 5.32 Å². The molecule has 0 heterocycles. The molecule has 9 heteroatoms. The number of fused-ring (bicyclic) bond motifs is 5. The van der Waals surface area contributed by atoms with E-state index in [1.807, 2.05) is 20.8 Å². The quantitative estimate of drug-likeness (QED) is 0.0709. The van der Waals surface area contributed by atoms with Gasteiger partial charge in [-0.2, -0.15) is 0 Å². The van der Waals surface area contributed by atoms with Crippen molar-refractivity contribution >= 4 is 12.1 Å². The minimum atomic E-state index is -0.476. The summed E-state index contributed by atoms with van der Waals surface area (Å²) in [4.78, 5) is 24.3. The lowest BCUT2D eigenvalue weighted by Crippen LogP contribution is -2.51. The van der Waals surface area contributed by atoms with E-state index in [0.717, 1.165) is 54.8 Å². The van der Waals surface area contributed by atoms with Gasteiger partial charge in [0, 0.05) is 13.0 Å². The number of ether oxygens (including phenoxy) is 6. The Morgan fingerprint density at radius 3 is 2.13 bits per heavy atom. The first kappa shape index (κ1) is 43.1. The van der Waals surface area contributed by atoms with E-state index in [1.165, 1.54) is 51.4 Å². The van der Waals surface area contributed by atoms with Crippen LogP contribution < -0.4 is 5.32 Å². The van der Waals surface area contributed by atoms with Crippen molar-refractivity contribution in [2.75, 3.05) is 59.4 Å². The van der Waals surface area contributed by atoms with Crippen LogP contribution in [-0.4, -0.2) is 83.2 Å². The Morgan fingerprint density at radius 2 is 1.48 bits per heavy atom. The molecule has 0 unspecified atom stereocenters. The Bertz CT molecular complexity index is 1130. The average molecular weight is 734 g/mol. The second kappa shape index (κ2) is 20.3. The Kier molecular flexibility index (Phi) is 16.8. The van der Waals surface area contributed by atoms with Gasteiger partial charge in [0.25, 0.3) is 0 Å². The number of amides is 1. The molecule has 0 aromatic carbocycles. The third kappa shape index (κ3) is 12.4. The van der Waals surface area contributed by atoms with Crippen LogP contribution in [0.15, 0.2) is 11.6 Å². The summed E-state index contributed by atoms with van der Waals surface area (Å²) in [5, 5.41) is 2.87. The van der Waals surface area contributed by atoms with Gasteiger partial charge in [0.15, 0.2) is 0 Å². The topological polar surface area (TPSA) is 102 Å². The molecule has 0 radical (unpaired) electrons. The van der Waals surface area contributed by atoms with Crippen LogP contribution in [0.25, 0.3) is 0 Å². The van der Waals surface area contributed by atoms with Gasteiger partial charge >= 0.3 is 12.1 Å². The number of nitrogens with one attached hydrogen (secondary N) is 1. The lowest BCUT2D eigenvalue weighted by atomic mass is 9.47. The average Bonchev–Trinajstić information content (AvgIpc) is 3.43. The van der Waals surface area contributed by atoms with E-state index < -0.39 is 5.60 Å². The van der Waals surface area contributed by atoms with Crippen molar-refractivity contribution in [2.24, 2.45) is 46.3 Å². The lowest BCUT2D eigenvalue weighted by Gasteiger charge is -2.58. The van der Waals surface area contributed by atoms with Crippen LogP contribution in [0, 0.1) is 46.3 Å². The zero-order valence-electron chi connectivity index (χ0n) is 34.2. The fourth-order valence-electron chi connectivity index (χ4n) is 10.5. The van der Waals surface area contributed by atoms with Crippen LogP contribution in [0.5, 0.6) is 0 Å². The number of esters is 1. The van der Waals surface area contributed by atoms with Gasteiger partial charge in [0.1, 0.15) is 11.7 Å². The maximum atomic E-state index is 12.6. The van der Waals surface area contributed by atoms with Crippen molar-refractivity contribution in [2.45, 2.75) is 144 Å². The number of carbonyl (C=O) groups is 2. The number of carbonyl (C=O) groups excluding carboxylic acids is 2. The van der Waals surface area contributed by atoms with E-state index in [0.29, 0.717) is 64.8 Å². The molecule has 300 valence electrons. The van der Waals surface area contributed by atoms with Crippen molar-refractivity contribution in [3.05, 3.63) is 11.6 Å². The molecule has 0 aromatic heterocycles. The highest BCUT2D eigenvalue weighted by atomic mass is 16.6. The molecule has 0 bridgehead atoms. The maximum Gasteiger partial charge on any atom is 0.407 e. The molecular weight excluding hydrogens is 658 g/mol. The molecule has 9 nitrogen and oxygen atoms in total. The normalized spacial score (nSPS) is 30.6. The van der Waals surface area contributed by atoms with Crippen molar-refractivity contribution in [3.63, 3.8) is 0 Å². The van der Waals surface area contributed by atoms with E-state index in [4.69, 9.17) is 28.4 Å². The summed E-state index contributed by atoms with van der Waals surface area (Å²) in [5.74, 6) is 4.73. The second-order valence-electron chi connectivity index (χ2n) is 18.3. The zero-order valence-corrected chi connectivity index (χ0v) is 34.2. The predicted molar refractivity (Wildman–Crippen MR) is 205 cm³/mol. The summed E-state index contributed by atoms with van der Waals surface area (Å²) in [6, 6.07) is 0. The van der Waals surface area contributed by atoms with Gasteiger partial charge in [-0.05, 0) is 112 Å². The molecule has 8 atom stereocenters. The first-order chi connectivity index (χ1) is 24.7. The minimum Gasteiger partial charge on any atom is -0.460 e. The fraction of sp³-hybridized carbons (Fsp3) is 0.907. The third-order valence-electron chi connectivity index (χ3n) is 13.0. The van der Waals surface area contributed by atoms with E-state index in [9.17, 15) is 9.59 Å². The summed E-state index contributed by atoms with van der Waals surface area (Å²) in [6.45, 7) is 21.8. The molecule has 1 amide bonds. The Balaban J connectivity index is 1.04. The molecule has 0 aromatic rings. The minimum absolute atomic E-state index is 0.0485. The highest BCUT2D eigenvalue weighted by Crippen LogP contribution is 2.67. The summed E-state index contributed by atoms with van der Waals surface area (Å²) in [5.41, 5.74) is 1.84. The summed E-state index contributed by atoms with van der Waals surface area (Å²) in [6.07, 6.45) is 16.3. The van der Waals surface area contributed by atoms with Gasteiger partial charge in [0.2, 0.25) is 0 Å². The van der Waals surface area contributed by atoms with Gasteiger partial charge in [-0.3, -0.25) is 4.79 Å². The van der Waals surface area contributed by atoms with Crippen LogP contribution in [0.4, 0.5) is 4.79 Å². The molecule has 0 aliphatic heterocycles. The molecule has 0 saturated heterocycles. The van der Waals surface area contributed by atoms with E-state index >= 15 is 0 Å².